The predicted octanol–water partition coefficient (Wildman–Crippen LogP) is 3.25. The number of likely N-dealkylation sites (tertiary alicyclic amines) is 2. The number of hydrogen-bond acceptors (Lipinski definition) is 18. The van der Waals surface area contributed by atoms with E-state index in [9.17, 15) is 56.4 Å². The summed E-state index contributed by atoms with van der Waals surface area (Å²) < 4.78 is 58.2. The van der Waals surface area contributed by atoms with Crippen molar-refractivity contribution in [1.82, 2.24) is 40.3 Å². The summed E-state index contributed by atoms with van der Waals surface area (Å²) in [6.07, 6.45) is 0.182. The molecule has 0 radical (unpaired) electrons. The number of primary amides is 1. The van der Waals surface area contributed by atoms with Crippen LogP contribution < -0.4 is 26.4 Å². The number of nitrogens with two attached hydrogens (primary N) is 1. The fourth-order valence-electron chi connectivity index (χ4n) is 12.0. The van der Waals surface area contributed by atoms with Gasteiger partial charge in [0, 0.05) is 71.9 Å². The largest absolute Gasteiger partial charge is 0.379 e. The van der Waals surface area contributed by atoms with Gasteiger partial charge in [-0.1, -0.05) is 87.8 Å². The molecule has 2 aliphatic rings. The second-order valence-corrected chi connectivity index (χ2v) is 27.1. The third kappa shape index (κ3) is 24.5. The highest BCUT2D eigenvalue weighted by molar-refractivity contribution is 7.90. The minimum absolute atomic E-state index is 0.0143. The Balaban J connectivity index is 1.63. The topological polar surface area (TPSA) is 338 Å². The number of carbonyl (C=O) groups excluding carboxylic acids is 10. The SMILES string of the molecule is CC[C@H](C)[C@@H]([C@@H](CC(=O)N1CCC[C@H]1[C@H](OC)[C@@H](C)C(=O)NS(=O)(=O)c1ccc(CC(=O)[C@H](CCCNC(N)=O)NC(=O)[C@@H](NC(=O)CCOCCOCCOCCN2C(=O)CC(C)C2=O)C(C)C)cc1)OC)N(C)C(=O)[C@@H](CC(=O)[C@H](C(C)C)N(C)C)C(C)C. The van der Waals surface area contributed by atoms with Crippen LogP contribution in [0.15, 0.2) is 29.2 Å². The fourth-order valence-corrected chi connectivity index (χ4v) is 13.0. The van der Waals surface area contributed by atoms with Crippen LogP contribution in [-0.4, -0.2) is 224 Å². The molecule has 0 aliphatic carbocycles. The number of benzene rings is 1. The highest BCUT2D eigenvalue weighted by Crippen LogP contribution is 2.32. The molecule has 1 unspecified atom stereocenters. The van der Waals surface area contributed by atoms with E-state index in [0.29, 0.717) is 31.4 Å². The Morgan fingerprint density at radius 3 is 1.91 bits per heavy atom. The molecule has 2 fully saturated rings. The van der Waals surface area contributed by atoms with Crippen molar-refractivity contribution in [3.63, 3.8) is 0 Å². The molecule has 0 spiro atoms. The zero-order valence-electron chi connectivity index (χ0n) is 56.5. The van der Waals surface area contributed by atoms with Gasteiger partial charge in [0.2, 0.25) is 41.4 Å². The van der Waals surface area contributed by atoms with Crippen molar-refractivity contribution in [2.75, 3.05) is 94.6 Å². The van der Waals surface area contributed by atoms with Gasteiger partial charge in [-0.2, -0.15) is 0 Å². The first kappa shape index (κ1) is 79.3. The predicted molar refractivity (Wildman–Crippen MR) is 340 cm³/mol. The summed E-state index contributed by atoms with van der Waals surface area (Å²) in [5, 5.41) is 7.93. The number of Topliss-reactive ketones (excluding diaryl/α,β-unsaturated/α-hetero) is 2. The summed E-state index contributed by atoms with van der Waals surface area (Å²) in [4.78, 5) is 139. The molecule has 0 bridgehead atoms. The molecule has 27 heteroatoms. The highest BCUT2D eigenvalue weighted by atomic mass is 32.2. The van der Waals surface area contributed by atoms with Crippen LogP contribution in [0, 0.1) is 41.4 Å². The molecule has 2 heterocycles. The molecule has 9 amide bonds. The van der Waals surface area contributed by atoms with Crippen LogP contribution in [0.3, 0.4) is 0 Å². The number of likely N-dealkylation sites (N-methyl/N-ethyl adjacent to an activating group) is 2. The van der Waals surface area contributed by atoms with Crippen molar-refractivity contribution in [3.8, 4) is 0 Å². The fraction of sp³-hybridized carbons (Fsp3) is 0.750. The lowest BCUT2D eigenvalue weighted by molar-refractivity contribution is -0.149. The first-order valence-corrected chi connectivity index (χ1v) is 33.5. The van der Waals surface area contributed by atoms with Crippen molar-refractivity contribution in [3.05, 3.63) is 29.8 Å². The number of nitrogens with zero attached hydrogens (tertiary/aromatic N) is 4. The lowest BCUT2D eigenvalue weighted by Gasteiger charge is -2.41. The molecule has 0 saturated carbocycles. The zero-order valence-corrected chi connectivity index (χ0v) is 57.4. The maximum Gasteiger partial charge on any atom is 0.312 e. The van der Waals surface area contributed by atoms with Crippen molar-refractivity contribution in [2.24, 2.45) is 47.2 Å². The Morgan fingerprint density at radius 1 is 0.769 bits per heavy atom. The number of sulfonamides is 1. The van der Waals surface area contributed by atoms with Crippen LogP contribution >= 0.6 is 0 Å². The Morgan fingerprint density at radius 2 is 1.38 bits per heavy atom. The number of nitrogens with one attached hydrogen (secondary N) is 4. The number of ether oxygens (including phenoxy) is 5. The first-order valence-electron chi connectivity index (χ1n) is 32.0. The van der Waals surface area contributed by atoms with E-state index in [-0.39, 0.29) is 162 Å². The number of hydrogen-bond donors (Lipinski definition) is 5. The number of carbonyl (C=O) groups is 10. The van der Waals surface area contributed by atoms with E-state index in [1.54, 1.807) is 37.6 Å². The van der Waals surface area contributed by atoms with Gasteiger partial charge < -0.3 is 55.2 Å². The zero-order chi connectivity index (χ0) is 68.4. The number of ketones is 2. The smallest absolute Gasteiger partial charge is 0.312 e. The molecule has 2 aliphatic heterocycles. The minimum Gasteiger partial charge on any atom is -0.379 e. The molecule has 516 valence electrons. The van der Waals surface area contributed by atoms with Gasteiger partial charge in [-0.25, -0.2) is 17.9 Å². The van der Waals surface area contributed by atoms with E-state index < -0.39 is 93.7 Å². The Hall–Kier alpha value is -5.97. The second-order valence-electron chi connectivity index (χ2n) is 25.4. The molecule has 91 heavy (non-hydrogen) atoms. The number of methoxy groups -OCH3 is 2. The average molecular weight is 1310 g/mol. The van der Waals surface area contributed by atoms with Gasteiger partial charge in [-0.3, -0.25) is 53.0 Å². The van der Waals surface area contributed by atoms with E-state index in [4.69, 9.17) is 29.4 Å². The number of urea groups is 1. The summed E-state index contributed by atoms with van der Waals surface area (Å²) in [5.41, 5.74) is 5.62. The number of amides is 9. The monoisotopic (exact) mass is 1310 g/mol. The van der Waals surface area contributed by atoms with Gasteiger partial charge in [-0.15, -0.1) is 0 Å². The maximum atomic E-state index is 14.5. The van der Waals surface area contributed by atoms with Gasteiger partial charge in [0.05, 0.1) is 99.8 Å². The van der Waals surface area contributed by atoms with Crippen LogP contribution in [0.25, 0.3) is 0 Å². The Bertz CT molecular complexity index is 2670. The molecular formula is C64H107N9O17S. The molecule has 3 rings (SSSR count). The minimum atomic E-state index is -4.49. The number of rotatable bonds is 43. The summed E-state index contributed by atoms with van der Waals surface area (Å²) >= 11 is 0. The third-order valence-electron chi connectivity index (χ3n) is 17.3. The van der Waals surface area contributed by atoms with Gasteiger partial charge in [0.1, 0.15) is 6.04 Å². The molecule has 6 N–H and O–H groups in total. The van der Waals surface area contributed by atoms with Gasteiger partial charge in [0.15, 0.2) is 11.6 Å². The van der Waals surface area contributed by atoms with Crippen LogP contribution in [0.4, 0.5) is 4.79 Å². The van der Waals surface area contributed by atoms with Gasteiger partial charge in [0.25, 0.3) is 10.0 Å². The van der Waals surface area contributed by atoms with Gasteiger partial charge in [-0.05, 0) is 81.1 Å². The number of imide groups is 1. The molecule has 11 atom stereocenters. The normalized spacial score (nSPS) is 18.4. The van der Waals surface area contributed by atoms with Crippen molar-refractivity contribution >= 4 is 69.0 Å². The lowest BCUT2D eigenvalue weighted by Crippen LogP contribution is -2.54. The van der Waals surface area contributed by atoms with Crippen molar-refractivity contribution in [2.45, 2.75) is 181 Å². The molecule has 1 aromatic carbocycles. The van der Waals surface area contributed by atoms with E-state index >= 15 is 0 Å². The van der Waals surface area contributed by atoms with E-state index in [1.165, 1.54) is 50.3 Å². The highest BCUT2D eigenvalue weighted by Gasteiger charge is 2.44. The third-order valence-corrected chi connectivity index (χ3v) is 18.6. The van der Waals surface area contributed by atoms with E-state index in [2.05, 4.69) is 20.7 Å². The van der Waals surface area contributed by atoms with Crippen LogP contribution in [0.1, 0.15) is 133 Å². The summed E-state index contributed by atoms with van der Waals surface area (Å²) in [6, 6.07) is 0.868. The van der Waals surface area contributed by atoms with Crippen LogP contribution in [-0.2, 0) is 83.3 Å². The standard InChI is InChI=1S/C64H107N9O17S/c1-16-42(8)58(71(13)63(82)47(39(2)3)37-51(75)57(41(6)7)70(11)12)52(86-14)38-55(78)72-27-18-20-49(72)59(87-15)44(10)60(79)69-91(84,85)46-23-21-45(22-24-46)36-50(74)48(19-17-26-66-64(65)83)67-61(80)56(40(4)5)68-53(76)25-29-88-31-33-90-34-32-89-30-28-73-54(77)35-43(9)62(73)81/h21-24,39-44,47-49,52,56-59H,16-20,25-38H2,1-15H3,(H,67,80)(H,68,76)(H,69,79)(H3,65,66,83)/t42-,43?,44+,47-,48-,49-,52+,56-,57-,58-,59+/m0/s1. The van der Waals surface area contributed by atoms with Crippen molar-refractivity contribution < 1.29 is 80.0 Å². The lowest BCUT2D eigenvalue weighted by atomic mass is 9.83. The summed E-state index contributed by atoms with van der Waals surface area (Å²) in [7, 11) is 3.82. The Kier molecular flexibility index (Phi) is 33.9. The first-order chi connectivity index (χ1) is 42.8. The molecule has 2 saturated heterocycles. The average Bonchev–Trinajstić information content (AvgIpc) is 1.96. The van der Waals surface area contributed by atoms with E-state index in [1.807, 2.05) is 60.5 Å². The molecule has 26 nitrogen and oxygen atoms in total. The van der Waals surface area contributed by atoms with Crippen LogP contribution in [0.5, 0.6) is 0 Å². The maximum absolute atomic E-state index is 14.5. The summed E-state index contributed by atoms with van der Waals surface area (Å²) in [5.74, 6) is -5.97. The van der Waals surface area contributed by atoms with Crippen LogP contribution in [0.2, 0.25) is 0 Å². The molecule has 0 aromatic heterocycles. The molecular weight excluding hydrogens is 1200 g/mol. The quantitative estimate of drug-likeness (QED) is 0.0463. The van der Waals surface area contributed by atoms with Crippen molar-refractivity contribution in [1.29, 1.82) is 0 Å². The van der Waals surface area contributed by atoms with E-state index in [0.717, 1.165) is 0 Å². The summed E-state index contributed by atoms with van der Waals surface area (Å²) in [6.45, 7) is 20.2. The Labute approximate surface area is 539 Å². The molecule has 1 aromatic rings. The second kappa shape index (κ2) is 38.9. The van der Waals surface area contributed by atoms with Gasteiger partial charge >= 0.3 is 6.03 Å².